The van der Waals surface area contributed by atoms with Crippen molar-refractivity contribution in [1.29, 1.82) is 0 Å². The molecule has 0 amide bonds. The summed E-state index contributed by atoms with van der Waals surface area (Å²) in [5, 5.41) is 8.48. The predicted molar refractivity (Wildman–Crippen MR) is 98.2 cm³/mol. The lowest BCUT2D eigenvalue weighted by Gasteiger charge is -2.05. The summed E-state index contributed by atoms with van der Waals surface area (Å²) in [4.78, 5) is 4.69. The van der Waals surface area contributed by atoms with Crippen molar-refractivity contribution in [3.8, 4) is 22.7 Å². The second kappa shape index (κ2) is 6.16. The fourth-order valence-corrected chi connectivity index (χ4v) is 3.06. The first kappa shape index (κ1) is 15.6. The van der Waals surface area contributed by atoms with E-state index in [-0.39, 0.29) is 6.04 Å². The van der Waals surface area contributed by atoms with Gasteiger partial charge in [0, 0.05) is 17.2 Å². The van der Waals surface area contributed by atoms with Crippen LogP contribution in [0.25, 0.3) is 33.7 Å². The summed E-state index contributed by atoms with van der Waals surface area (Å²) >= 11 is 0. The largest absolute Gasteiger partial charge is 0.444 e. The summed E-state index contributed by atoms with van der Waals surface area (Å²) in [5.74, 6) is 0.599. The van der Waals surface area contributed by atoms with Crippen LogP contribution in [0.3, 0.4) is 0 Å². The van der Waals surface area contributed by atoms with E-state index in [0.29, 0.717) is 5.89 Å². The number of fused-ring (bicyclic) bond motifs is 1. The molecular weight excluding hydrogens is 312 g/mol. The Morgan fingerprint density at radius 1 is 1.12 bits per heavy atom. The molecule has 25 heavy (non-hydrogen) atoms. The Bertz CT molecular complexity index is 1030. The Kier molecular flexibility index (Phi) is 3.84. The first-order chi connectivity index (χ1) is 12.2. The molecule has 2 heterocycles. The van der Waals surface area contributed by atoms with Crippen LogP contribution in [0, 0.1) is 0 Å². The summed E-state index contributed by atoms with van der Waals surface area (Å²) in [5.41, 5.74) is 6.01. The standard InChI is InChI=1S/C20H20N4O/c1-4-14-7-5-6-8-16(14)18-12-25-20(21-18)15-9-10-19-17(11-15)22-23-24(19)13(2)3/h5-13H,4H2,1-3H3. The van der Waals surface area contributed by atoms with Crippen LogP contribution >= 0.6 is 0 Å². The predicted octanol–water partition coefficient (Wildman–Crippen LogP) is 4.90. The molecule has 0 aliphatic heterocycles. The SMILES string of the molecule is CCc1ccccc1-c1coc(-c2ccc3c(c2)nnn3C(C)C)n1. The molecule has 5 heteroatoms. The first-order valence-corrected chi connectivity index (χ1v) is 8.56. The van der Waals surface area contributed by atoms with Crippen molar-refractivity contribution < 1.29 is 4.42 Å². The van der Waals surface area contributed by atoms with Crippen molar-refractivity contribution in [1.82, 2.24) is 20.0 Å². The van der Waals surface area contributed by atoms with Gasteiger partial charge in [-0.1, -0.05) is 36.4 Å². The zero-order valence-corrected chi connectivity index (χ0v) is 14.6. The summed E-state index contributed by atoms with van der Waals surface area (Å²) in [7, 11) is 0. The zero-order valence-electron chi connectivity index (χ0n) is 14.6. The van der Waals surface area contributed by atoms with E-state index in [0.717, 1.165) is 34.3 Å². The molecule has 0 fully saturated rings. The van der Waals surface area contributed by atoms with Gasteiger partial charge in [0.05, 0.1) is 5.52 Å². The maximum atomic E-state index is 5.74. The lowest BCUT2D eigenvalue weighted by molar-refractivity contribution is 0.530. The summed E-state index contributed by atoms with van der Waals surface area (Å²) < 4.78 is 7.66. The van der Waals surface area contributed by atoms with E-state index in [1.807, 2.05) is 28.9 Å². The third-order valence-corrected chi connectivity index (χ3v) is 4.39. The number of nitrogens with zero attached hydrogens (tertiary/aromatic N) is 4. The number of oxazole rings is 1. The first-order valence-electron chi connectivity index (χ1n) is 8.56. The van der Waals surface area contributed by atoms with Gasteiger partial charge in [0.2, 0.25) is 5.89 Å². The molecule has 0 radical (unpaired) electrons. The molecule has 0 aliphatic carbocycles. The highest BCUT2D eigenvalue weighted by Crippen LogP contribution is 2.29. The molecule has 4 rings (SSSR count). The van der Waals surface area contributed by atoms with E-state index in [1.165, 1.54) is 5.56 Å². The summed E-state index contributed by atoms with van der Waals surface area (Å²) in [6, 6.07) is 14.6. The molecular formula is C20H20N4O. The molecule has 2 aromatic heterocycles. The molecule has 0 N–H and O–H groups in total. The van der Waals surface area contributed by atoms with Crippen LogP contribution in [-0.2, 0) is 6.42 Å². The smallest absolute Gasteiger partial charge is 0.226 e. The minimum Gasteiger partial charge on any atom is -0.444 e. The zero-order chi connectivity index (χ0) is 17.4. The maximum absolute atomic E-state index is 5.74. The number of aryl methyl sites for hydroxylation is 1. The number of hydrogen-bond donors (Lipinski definition) is 0. The van der Waals surface area contributed by atoms with Crippen LogP contribution in [0.5, 0.6) is 0 Å². The molecule has 0 bridgehead atoms. The van der Waals surface area contributed by atoms with Gasteiger partial charge >= 0.3 is 0 Å². The van der Waals surface area contributed by atoms with Crippen molar-refractivity contribution in [3.63, 3.8) is 0 Å². The van der Waals surface area contributed by atoms with Crippen molar-refractivity contribution in [2.24, 2.45) is 0 Å². The second-order valence-electron chi connectivity index (χ2n) is 6.38. The number of rotatable bonds is 4. The molecule has 0 spiro atoms. The van der Waals surface area contributed by atoms with E-state index >= 15 is 0 Å². The van der Waals surface area contributed by atoms with Gasteiger partial charge in [-0.2, -0.15) is 0 Å². The quantitative estimate of drug-likeness (QED) is 0.533. The van der Waals surface area contributed by atoms with Crippen molar-refractivity contribution in [2.75, 3.05) is 0 Å². The molecule has 0 atom stereocenters. The van der Waals surface area contributed by atoms with E-state index in [2.05, 4.69) is 54.3 Å². The van der Waals surface area contributed by atoms with Crippen LogP contribution in [0.2, 0.25) is 0 Å². The molecule has 2 aromatic carbocycles. The van der Waals surface area contributed by atoms with Crippen LogP contribution < -0.4 is 0 Å². The maximum Gasteiger partial charge on any atom is 0.226 e. The van der Waals surface area contributed by atoms with Gasteiger partial charge in [-0.25, -0.2) is 9.67 Å². The van der Waals surface area contributed by atoms with Gasteiger partial charge in [-0.3, -0.25) is 0 Å². The third kappa shape index (κ3) is 2.71. The van der Waals surface area contributed by atoms with Gasteiger partial charge in [0.1, 0.15) is 17.5 Å². The number of aromatic nitrogens is 4. The average Bonchev–Trinajstić information content (AvgIpc) is 3.28. The van der Waals surface area contributed by atoms with Crippen molar-refractivity contribution in [2.45, 2.75) is 33.2 Å². The minimum atomic E-state index is 0.273. The van der Waals surface area contributed by atoms with E-state index in [9.17, 15) is 0 Å². The fraction of sp³-hybridized carbons (Fsp3) is 0.250. The van der Waals surface area contributed by atoms with Gasteiger partial charge in [0.15, 0.2) is 0 Å². The van der Waals surface area contributed by atoms with Gasteiger partial charge in [-0.15, -0.1) is 5.10 Å². The van der Waals surface area contributed by atoms with Crippen LogP contribution in [-0.4, -0.2) is 20.0 Å². The van der Waals surface area contributed by atoms with Gasteiger partial charge < -0.3 is 4.42 Å². The molecule has 5 nitrogen and oxygen atoms in total. The summed E-state index contributed by atoms with van der Waals surface area (Å²) in [6.45, 7) is 6.33. The van der Waals surface area contributed by atoms with Gasteiger partial charge in [0.25, 0.3) is 0 Å². The van der Waals surface area contributed by atoms with E-state index in [1.54, 1.807) is 6.26 Å². The lowest BCUT2D eigenvalue weighted by Crippen LogP contribution is -2.02. The molecule has 0 saturated carbocycles. The van der Waals surface area contributed by atoms with Crippen molar-refractivity contribution in [3.05, 3.63) is 54.3 Å². The molecule has 0 saturated heterocycles. The van der Waals surface area contributed by atoms with Crippen LogP contribution in [0.4, 0.5) is 0 Å². The molecule has 0 aliphatic rings. The Morgan fingerprint density at radius 3 is 2.76 bits per heavy atom. The Labute approximate surface area is 146 Å². The topological polar surface area (TPSA) is 56.7 Å². The van der Waals surface area contributed by atoms with Crippen LogP contribution in [0.15, 0.2) is 53.1 Å². The Hall–Kier alpha value is -2.95. The average molecular weight is 332 g/mol. The molecule has 126 valence electrons. The van der Waals surface area contributed by atoms with E-state index in [4.69, 9.17) is 4.42 Å². The summed E-state index contributed by atoms with van der Waals surface area (Å²) in [6.07, 6.45) is 2.68. The second-order valence-corrected chi connectivity index (χ2v) is 6.38. The Morgan fingerprint density at radius 2 is 1.96 bits per heavy atom. The molecule has 0 unspecified atom stereocenters. The monoisotopic (exact) mass is 332 g/mol. The highest BCUT2D eigenvalue weighted by Gasteiger charge is 2.13. The van der Waals surface area contributed by atoms with Crippen molar-refractivity contribution >= 4 is 11.0 Å². The lowest BCUT2D eigenvalue weighted by atomic mass is 10.0. The number of benzene rings is 2. The normalized spacial score (nSPS) is 11.5. The number of hydrogen-bond acceptors (Lipinski definition) is 4. The molecule has 4 aromatic rings. The van der Waals surface area contributed by atoms with Gasteiger partial charge in [-0.05, 0) is 44.0 Å². The third-order valence-electron chi connectivity index (χ3n) is 4.39. The highest BCUT2D eigenvalue weighted by molar-refractivity contribution is 5.80. The minimum absolute atomic E-state index is 0.273. The van der Waals surface area contributed by atoms with E-state index < -0.39 is 0 Å². The van der Waals surface area contributed by atoms with Crippen LogP contribution in [0.1, 0.15) is 32.4 Å². The highest BCUT2D eigenvalue weighted by atomic mass is 16.3. The fourth-order valence-electron chi connectivity index (χ4n) is 3.06. The Balaban J connectivity index is 1.74.